The summed E-state index contributed by atoms with van der Waals surface area (Å²) in [6, 6.07) is 23.3. The number of aryl methyl sites for hydroxylation is 1. The largest absolute Gasteiger partial charge is 0.343 e. The van der Waals surface area contributed by atoms with E-state index in [0.29, 0.717) is 6.54 Å². The molecule has 176 valence electrons. The molecule has 2 aliphatic rings. The van der Waals surface area contributed by atoms with Crippen molar-refractivity contribution in [3.63, 3.8) is 0 Å². The number of carbonyl (C=O) groups is 1. The highest BCUT2D eigenvalue weighted by atomic mass is 79.9. The van der Waals surface area contributed by atoms with Gasteiger partial charge in [-0.05, 0) is 72.7 Å². The van der Waals surface area contributed by atoms with Crippen molar-refractivity contribution in [1.82, 2.24) is 9.47 Å². The lowest BCUT2D eigenvalue weighted by Crippen LogP contribution is -2.30. The number of nitrogens with zero attached hydrogens (tertiary/aromatic N) is 2. The van der Waals surface area contributed by atoms with Gasteiger partial charge in [0, 0.05) is 40.1 Å². The molecular weight excluding hydrogens is 503 g/mol. The summed E-state index contributed by atoms with van der Waals surface area (Å²) in [5.41, 5.74) is 7.79. The molecule has 3 nitrogen and oxygen atoms in total. The monoisotopic (exact) mass is 528 g/mol. The van der Waals surface area contributed by atoms with Gasteiger partial charge in [0.15, 0.2) is 0 Å². The lowest BCUT2D eigenvalue weighted by molar-refractivity contribution is -0.127. The summed E-state index contributed by atoms with van der Waals surface area (Å²) in [5, 5.41) is 1.18. The summed E-state index contributed by atoms with van der Waals surface area (Å²) >= 11 is 3.57. The van der Waals surface area contributed by atoms with Gasteiger partial charge in [-0.25, -0.2) is 4.39 Å². The SMILES string of the molecule is Cn1c(-c2ccc(Br)cc2)c([C@@H]2C3=C(CCCC3)C(=O)N2Cc2ccc(F)cc2)c2ccccc21. The third-order valence-corrected chi connectivity index (χ3v) is 8.00. The van der Waals surface area contributed by atoms with Gasteiger partial charge < -0.3 is 9.47 Å². The minimum absolute atomic E-state index is 0.128. The molecule has 1 amide bonds. The molecule has 0 spiro atoms. The molecule has 6 rings (SSSR count). The fourth-order valence-corrected chi connectivity index (χ4v) is 6.15. The van der Waals surface area contributed by atoms with E-state index in [1.165, 1.54) is 28.7 Å². The van der Waals surface area contributed by atoms with Crippen molar-refractivity contribution in [2.75, 3.05) is 0 Å². The molecule has 0 fully saturated rings. The van der Waals surface area contributed by atoms with Crippen molar-refractivity contribution >= 4 is 32.7 Å². The van der Waals surface area contributed by atoms with E-state index in [1.807, 2.05) is 4.90 Å². The van der Waals surface area contributed by atoms with Crippen LogP contribution >= 0.6 is 15.9 Å². The van der Waals surface area contributed by atoms with E-state index < -0.39 is 0 Å². The Morgan fingerprint density at radius 1 is 0.943 bits per heavy atom. The van der Waals surface area contributed by atoms with Gasteiger partial charge in [0.1, 0.15) is 5.82 Å². The van der Waals surface area contributed by atoms with Crippen LogP contribution in [0.25, 0.3) is 22.2 Å². The van der Waals surface area contributed by atoms with Gasteiger partial charge in [-0.2, -0.15) is 0 Å². The van der Waals surface area contributed by atoms with E-state index in [9.17, 15) is 9.18 Å². The van der Waals surface area contributed by atoms with E-state index in [-0.39, 0.29) is 17.8 Å². The maximum Gasteiger partial charge on any atom is 0.250 e. The second-order valence-electron chi connectivity index (χ2n) is 9.52. The average Bonchev–Trinajstić information content (AvgIpc) is 3.32. The average molecular weight is 529 g/mol. The maximum atomic E-state index is 13.8. The smallest absolute Gasteiger partial charge is 0.250 e. The number of fused-ring (bicyclic) bond motifs is 1. The Bertz CT molecular complexity index is 1470. The topological polar surface area (TPSA) is 25.2 Å². The number of para-hydroxylation sites is 1. The Morgan fingerprint density at radius 3 is 2.43 bits per heavy atom. The molecule has 1 aliphatic heterocycles. The number of amides is 1. The summed E-state index contributed by atoms with van der Waals surface area (Å²) in [5.74, 6) is -0.134. The third-order valence-electron chi connectivity index (χ3n) is 7.47. The zero-order chi connectivity index (χ0) is 24.1. The highest BCUT2D eigenvalue weighted by Crippen LogP contribution is 2.50. The van der Waals surface area contributed by atoms with E-state index in [4.69, 9.17) is 0 Å². The second kappa shape index (κ2) is 8.80. The Morgan fingerprint density at radius 2 is 1.66 bits per heavy atom. The van der Waals surface area contributed by atoms with Crippen LogP contribution in [0.1, 0.15) is 42.9 Å². The van der Waals surface area contributed by atoms with E-state index in [2.05, 4.69) is 76.1 Å². The van der Waals surface area contributed by atoms with E-state index in [0.717, 1.165) is 58.1 Å². The second-order valence-corrected chi connectivity index (χ2v) is 10.4. The maximum absolute atomic E-state index is 13.8. The van der Waals surface area contributed by atoms with Crippen LogP contribution in [-0.2, 0) is 18.4 Å². The normalized spacial score (nSPS) is 18.0. The molecule has 0 bridgehead atoms. The third kappa shape index (κ3) is 3.73. The van der Waals surface area contributed by atoms with Crippen molar-refractivity contribution in [2.24, 2.45) is 7.05 Å². The summed E-state index contributed by atoms with van der Waals surface area (Å²) < 4.78 is 16.9. The first-order chi connectivity index (χ1) is 17.0. The van der Waals surface area contributed by atoms with Crippen LogP contribution in [0, 0.1) is 5.82 Å². The zero-order valence-corrected chi connectivity index (χ0v) is 21.2. The fraction of sp³-hybridized carbons (Fsp3) is 0.233. The number of aromatic nitrogens is 1. The Balaban J connectivity index is 1.58. The van der Waals surface area contributed by atoms with Crippen molar-refractivity contribution < 1.29 is 9.18 Å². The number of hydrogen-bond acceptors (Lipinski definition) is 1. The molecule has 1 aliphatic carbocycles. The molecule has 0 saturated carbocycles. The molecular formula is C30H26BrFN2O. The molecule has 0 N–H and O–H groups in total. The van der Waals surface area contributed by atoms with Gasteiger partial charge >= 0.3 is 0 Å². The molecule has 5 heteroatoms. The van der Waals surface area contributed by atoms with Crippen LogP contribution < -0.4 is 0 Å². The Kier molecular flexibility index (Phi) is 5.60. The van der Waals surface area contributed by atoms with Crippen LogP contribution in [0.2, 0.25) is 0 Å². The van der Waals surface area contributed by atoms with Gasteiger partial charge in [-0.3, -0.25) is 4.79 Å². The Labute approximate surface area is 213 Å². The van der Waals surface area contributed by atoms with Gasteiger partial charge in [-0.1, -0.05) is 58.4 Å². The van der Waals surface area contributed by atoms with Crippen LogP contribution in [0.5, 0.6) is 0 Å². The molecule has 1 atom stereocenters. The number of halogens is 2. The summed E-state index contributed by atoms with van der Waals surface area (Å²) in [7, 11) is 2.11. The predicted octanol–water partition coefficient (Wildman–Crippen LogP) is 7.70. The number of carbonyl (C=O) groups excluding carboxylic acids is 1. The predicted molar refractivity (Wildman–Crippen MR) is 141 cm³/mol. The van der Waals surface area contributed by atoms with Crippen LogP contribution in [0.4, 0.5) is 4.39 Å². The standard InChI is InChI=1S/C30H26BrFN2O/c1-33-26-9-5-4-8-25(26)27(28(33)20-12-14-21(31)15-13-20)29-23-6-2-3-7-24(23)30(35)34(29)18-19-10-16-22(32)17-11-19/h4-5,8-17,29H,2-3,6-7,18H2,1H3/t29-/m0/s1. The van der Waals surface area contributed by atoms with Gasteiger partial charge in [-0.15, -0.1) is 0 Å². The highest BCUT2D eigenvalue weighted by Gasteiger charge is 2.43. The van der Waals surface area contributed by atoms with Crippen LogP contribution in [-0.4, -0.2) is 15.4 Å². The van der Waals surface area contributed by atoms with E-state index in [1.54, 1.807) is 12.1 Å². The molecule has 4 aromatic rings. The minimum Gasteiger partial charge on any atom is -0.343 e. The van der Waals surface area contributed by atoms with Crippen molar-refractivity contribution in [3.05, 3.63) is 105 Å². The first-order valence-corrected chi connectivity index (χ1v) is 12.9. The molecule has 1 aromatic heterocycles. The molecule has 0 unspecified atom stereocenters. The lowest BCUT2D eigenvalue weighted by atomic mass is 9.86. The number of hydrogen-bond donors (Lipinski definition) is 0. The molecule has 3 aromatic carbocycles. The first kappa shape index (κ1) is 22.3. The fourth-order valence-electron chi connectivity index (χ4n) is 5.89. The lowest BCUT2D eigenvalue weighted by Gasteiger charge is -2.29. The first-order valence-electron chi connectivity index (χ1n) is 12.1. The van der Waals surface area contributed by atoms with Crippen molar-refractivity contribution in [3.8, 4) is 11.3 Å². The number of benzene rings is 3. The zero-order valence-electron chi connectivity index (χ0n) is 19.6. The highest BCUT2D eigenvalue weighted by molar-refractivity contribution is 9.10. The van der Waals surface area contributed by atoms with Gasteiger partial charge in [0.25, 0.3) is 5.91 Å². The molecule has 2 heterocycles. The molecule has 0 radical (unpaired) electrons. The summed E-state index contributed by atoms with van der Waals surface area (Å²) in [6.45, 7) is 0.458. The van der Waals surface area contributed by atoms with Gasteiger partial charge in [0.05, 0.1) is 11.7 Å². The molecule has 35 heavy (non-hydrogen) atoms. The Hall–Kier alpha value is -3.18. The van der Waals surface area contributed by atoms with Crippen molar-refractivity contribution in [2.45, 2.75) is 38.3 Å². The summed E-state index contributed by atoms with van der Waals surface area (Å²) in [6.07, 6.45) is 3.93. The number of rotatable bonds is 4. The summed E-state index contributed by atoms with van der Waals surface area (Å²) in [4.78, 5) is 15.8. The van der Waals surface area contributed by atoms with E-state index >= 15 is 0 Å². The van der Waals surface area contributed by atoms with Gasteiger partial charge in [0.2, 0.25) is 0 Å². The van der Waals surface area contributed by atoms with Crippen molar-refractivity contribution in [1.29, 1.82) is 0 Å². The molecule has 0 saturated heterocycles. The quantitative estimate of drug-likeness (QED) is 0.266. The van der Waals surface area contributed by atoms with Crippen LogP contribution in [0.15, 0.2) is 88.4 Å². The minimum atomic E-state index is -0.262. The van der Waals surface area contributed by atoms with Crippen LogP contribution in [0.3, 0.4) is 0 Å².